The number of aromatic nitrogens is 1. The predicted octanol–water partition coefficient (Wildman–Crippen LogP) is 2.05. The largest absolute Gasteiger partial charge is 0.481 e. The number of carboxylic acids is 1. The number of hydrogen-bond donors (Lipinski definition) is 1. The van der Waals surface area contributed by atoms with Gasteiger partial charge in [-0.25, -0.2) is 4.98 Å². The number of methoxy groups -OCH3 is 1. The molecule has 1 saturated heterocycles. The highest BCUT2D eigenvalue weighted by Gasteiger charge is 2.36. The molecule has 1 fully saturated rings. The number of benzene rings is 1. The van der Waals surface area contributed by atoms with Crippen molar-refractivity contribution in [3.05, 3.63) is 42.4 Å². The first-order valence-electron chi connectivity index (χ1n) is 7.63. The number of amides is 1. The van der Waals surface area contributed by atoms with E-state index in [4.69, 9.17) is 14.3 Å². The topological polar surface area (TPSA) is 92.9 Å². The monoisotopic (exact) mass is 330 g/mol. The molecule has 1 aliphatic heterocycles. The first-order chi connectivity index (χ1) is 11.6. The van der Waals surface area contributed by atoms with E-state index in [0.29, 0.717) is 24.3 Å². The Morgan fingerprint density at radius 2 is 2.12 bits per heavy atom. The lowest BCUT2D eigenvalue weighted by atomic mass is 10.1. The third-order valence-electron chi connectivity index (χ3n) is 4.23. The molecule has 3 rings (SSSR count). The van der Waals surface area contributed by atoms with Crippen LogP contribution in [0, 0.1) is 0 Å². The van der Waals surface area contributed by atoms with Crippen molar-refractivity contribution in [1.82, 2.24) is 9.88 Å². The van der Waals surface area contributed by atoms with Crippen LogP contribution in [0.25, 0.3) is 11.3 Å². The molecule has 24 heavy (non-hydrogen) atoms. The van der Waals surface area contributed by atoms with Crippen molar-refractivity contribution >= 4 is 11.9 Å². The van der Waals surface area contributed by atoms with Crippen LogP contribution in [0.15, 0.2) is 41.3 Å². The minimum atomic E-state index is -0.921. The molecule has 7 nitrogen and oxygen atoms in total. The Morgan fingerprint density at radius 3 is 2.71 bits per heavy atom. The standard InChI is InChI=1S/C17H18N2O5/c1-23-14-6-13(7-16(20)21)19(9-14)17(22)12-4-2-11(3-5-12)15-8-18-10-24-15/h2-5,8,10,13-14H,6-7,9H2,1H3,(H,20,21). The zero-order valence-electron chi connectivity index (χ0n) is 13.2. The van der Waals surface area contributed by atoms with Crippen LogP contribution in [0.3, 0.4) is 0 Å². The zero-order chi connectivity index (χ0) is 17.1. The molecular formula is C17H18N2O5. The molecule has 1 N–H and O–H groups in total. The molecule has 1 aromatic carbocycles. The number of aliphatic carboxylic acids is 1. The van der Waals surface area contributed by atoms with Crippen molar-refractivity contribution in [3.63, 3.8) is 0 Å². The number of oxazole rings is 1. The third-order valence-corrected chi connectivity index (χ3v) is 4.23. The van der Waals surface area contributed by atoms with E-state index in [0.717, 1.165) is 5.56 Å². The summed E-state index contributed by atoms with van der Waals surface area (Å²) in [6.07, 6.45) is 3.27. The van der Waals surface area contributed by atoms with E-state index in [1.54, 1.807) is 42.5 Å². The second-order valence-corrected chi connectivity index (χ2v) is 5.75. The molecule has 2 atom stereocenters. The van der Waals surface area contributed by atoms with E-state index in [-0.39, 0.29) is 24.5 Å². The molecule has 0 aliphatic carbocycles. The van der Waals surface area contributed by atoms with Crippen LogP contribution in [0.4, 0.5) is 0 Å². The molecule has 1 aliphatic rings. The number of ether oxygens (including phenoxy) is 1. The number of carbonyl (C=O) groups excluding carboxylic acids is 1. The molecule has 2 heterocycles. The summed E-state index contributed by atoms with van der Waals surface area (Å²) in [5.41, 5.74) is 1.33. The summed E-state index contributed by atoms with van der Waals surface area (Å²) in [6.45, 7) is 0.400. The highest BCUT2D eigenvalue weighted by atomic mass is 16.5. The Bertz CT molecular complexity index is 711. The number of likely N-dealkylation sites (tertiary alicyclic amines) is 1. The maximum Gasteiger partial charge on any atom is 0.305 e. The first-order valence-corrected chi connectivity index (χ1v) is 7.63. The lowest BCUT2D eigenvalue weighted by Gasteiger charge is -2.23. The van der Waals surface area contributed by atoms with Gasteiger partial charge in [0, 0.05) is 30.8 Å². The van der Waals surface area contributed by atoms with Crippen molar-refractivity contribution in [2.24, 2.45) is 0 Å². The molecular weight excluding hydrogens is 312 g/mol. The summed E-state index contributed by atoms with van der Waals surface area (Å²) >= 11 is 0. The maximum absolute atomic E-state index is 12.7. The molecule has 2 aromatic rings. The molecule has 126 valence electrons. The van der Waals surface area contributed by atoms with Crippen molar-refractivity contribution < 1.29 is 23.8 Å². The van der Waals surface area contributed by atoms with Gasteiger partial charge in [0.25, 0.3) is 5.91 Å². The Hall–Kier alpha value is -2.67. The van der Waals surface area contributed by atoms with E-state index in [1.807, 2.05) is 0 Å². The molecule has 2 unspecified atom stereocenters. The van der Waals surface area contributed by atoms with Gasteiger partial charge in [-0.05, 0) is 18.6 Å². The van der Waals surface area contributed by atoms with Gasteiger partial charge in [-0.15, -0.1) is 0 Å². The smallest absolute Gasteiger partial charge is 0.305 e. The van der Waals surface area contributed by atoms with Gasteiger partial charge < -0.3 is 19.2 Å². The van der Waals surface area contributed by atoms with Crippen molar-refractivity contribution in [2.45, 2.75) is 25.0 Å². The first kappa shape index (κ1) is 16.2. The van der Waals surface area contributed by atoms with Gasteiger partial charge in [-0.2, -0.15) is 0 Å². The molecule has 0 bridgehead atoms. The number of carbonyl (C=O) groups is 2. The summed E-state index contributed by atoms with van der Waals surface area (Å²) in [7, 11) is 1.57. The fraction of sp³-hybridized carbons (Fsp3) is 0.353. The van der Waals surface area contributed by atoms with E-state index >= 15 is 0 Å². The molecule has 7 heteroatoms. The lowest BCUT2D eigenvalue weighted by Crippen LogP contribution is -2.37. The van der Waals surface area contributed by atoms with Gasteiger partial charge >= 0.3 is 5.97 Å². The van der Waals surface area contributed by atoms with Gasteiger partial charge in [0.2, 0.25) is 0 Å². The van der Waals surface area contributed by atoms with Gasteiger partial charge in [-0.3, -0.25) is 9.59 Å². The zero-order valence-corrected chi connectivity index (χ0v) is 13.2. The Kier molecular flexibility index (Phi) is 4.61. The van der Waals surface area contributed by atoms with Crippen LogP contribution in [0.2, 0.25) is 0 Å². The summed E-state index contributed by atoms with van der Waals surface area (Å²) in [6, 6.07) is 6.62. The quantitative estimate of drug-likeness (QED) is 0.902. The van der Waals surface area contributed by atoms with Crippen LogP contribution in [-0.2, 0) is 9.53 Å². The van der Waals surface area contributed by atoms with E-state index in [1.165, 1.54) is 6.39 Å². The SMILES string of the molecule is COC1CC(CC(=O)O)N(C(=O)c2ccc(-c3cnco3)cc2)C1. The van der Waals surface area contributed by atoms with Gasteiger partial charge in [-0.1, -0.05) is 12.1 Å². The third kappa shape index (κ3) is 3.30. The summed E-state index contributed by atoms with van der Waals surface area (Å²) < 4.78 is 10.5. The van der Waals surface area contributed by atoms with Crippen LogP contribution in [0.5, 0.6) is 0 Å². The minimum absolute atomic E-state index is 0.0816. The minimum Gasteiger partial charge on any atom is -0.481 e. The van der Waals surface area contributed by atoms with E-state index < -0.39 is 5.97 Å². The Labute approximate surface area is 138 Å². The lowest BCUT2D eigenvalue weighted by molar-refractivity contribution is -0.137. The average molecular weight is 330 g/mol. The highest BCUT2D eigenvalue weighted by molar-refractivity contribution is 5.95. The molecule has 1 aromatic heterocycles. The molecule has 1 amide bonds. The van der Waals surface area contributed by atoms with E-state index in [9.17, 15) is 9.59 Å². The second kappa shape index (κ2) is 6.84. The predicted molar refractivity (Wildman–Crippen MR) is 84.4 cm³/mol. The van der Waals surface area contributed by atoms with Gasteiger partial charge in [0.05, 0.1) is 18.7 Å². The van der Waals surface area contributed by atoms with Gasteiger partial charge in [0.15, 0.2) is 12.2 Å². The van der Waals surface area contributed by atoms with Crippen LogP contribution < -0.4 is 0 Å². The number of rotatable bonds is 5. The second-order valence-electron chi connectivity index (χ2n) is 5.75. The molecule has 0 saturated carbocycles. The van der Waals surface area contributed by atoms with Crippen LogP contribution >= 0.6 is 0 Å². The summed E-state index contributed by atoms with van der Waals surface area (Å²) in [5, 5.41) is 9.05. The van der Waals surface area contributed by atoms with Crippen molar-refractivity contribution in [1.29, 1.82) is 0 Å². The number of nitrogens with zero attached hydrogens (tertiary/aromatic N) is 2. The summed E-state index contributed by atoms with van der Waals surface area (Å²) in [5.74, 6) is -0.487. The van der Waals surface area contributed by atoms with E-state index in [2.05, 4.69) is 4.98 Å². The van der Waals surface area contributed by atoms with Gasteiger partial charge in [0.1, 0.15) is 0 Å². The summed E-state index contributed by atoms with van der Waals surface area (Å²) in [4.78, 5) is 29.2. The Balaban J connectivity index is 1.78. The normalized spacial score (nSPS) is 20.3. The number of carboxylic acid groups (broad SMARTS) is 1. The maximum atomic E-state index is 12.7. The fourth-order valence-corrected chi connectivity index (χ4v) is 2.99. The fourth-order valence-electron chi connectivity index (χ4n) is 2.99. The molecule has 0 radical (unpaired) electrons. The average Bonchev–Trinajstić information content (AvgIpc) is 3.23. The van der Waals surface area contributed by atoms with Crippen LogP contribution in [-0.4, -0.2) is 52.7 Å². The van der Waals surface area contributed by atoms with Crippen molar-refractivity contribution in [2.75, 3.05) is 13.7 Å². The van der Waals surface area contributed by atoms with Crippen molar-refractivity contribution in [3.8, 4) is 11.3 Å². The highest BCUT2D eigenvalue weighted by Crippen LogP contribution is 2.26. The number of hydrogen-bond acceptors (Lipinski definition) is 5. The molecule has 0 spiro atoms. The van der Waals surface area contributed by atoms with Crippen LogP contribution in [0.1, 0.15) is 23.2 Å². The Morgan fingerprint density at radius 1 is 1.38 bits per heavy atom.